The number of hydrogen-bond acceptors (Lipinski definition) is 0. The summed E-state index contributed by atoms with van der Waals surface area (Å²) in [4.78, 5) is 0. The topological polar surface area (TPSA) is 0 Å². The van der Waals surface area contributed by atoms with Crippen LogP contribution in [0, 0.1) is 0 Å². The molecule has 0 atom stereocenters. The molecule has 0 saturated carbocycles. The van der Waals surface area contributed by atoms with E-state index in [2.05, 4.69) is 0 Å². The Labute approximate surface area is 46.5 Å². The highest BCUT2D eigenvalue weighted by atomic mass is 32.2. The van der Waals surface area contributed by atoms with Gasteiger partial charge in [-0.15, -0.1) is 0 Å². The van der Waals surface area contributed by atoms with Crippen LogP contribution in [-0.2, 0) is 10.9 Å². The lowest BCUT2D eigenvalue weighted by Gasteiger charge is -1.81. The van der Waals surface area contributed by atoms with E-state index in [1.807, 2.05) is 0 Å². The maximum atomic E-state index is 7.07. The molecule has 0 aromatic carbocycles. The van der Waals surface area contributed by atoms with E-state index >= 15 is 0 Å². The first-order valence-corrected chi connectivity index (χ1v) is 3.84. The zero-order valence-corrected chi connectivity index (χ0v) is 4.55. The second kappa shape index (κ2) is 1.87. The van der Waals surface area contributed by atoms with E-state index in [1.54, 1.807) is 0 Å². The Morgan fingerprint density at radius 3 is 2.50 bits per heavy atom. The van der Waals surface area contributed by atoms with Crippen molar-refractivity contribution in [1.82, 2.24) is 0 Å². The van der Waals surface area contributed by atoms with E-state index in [-0.39, 0.29) is 10.9 Å². The molecule has 0 aromatic rings. The maximum absolute atomic E-state index is 7.07. The summed E-state index contributed by atoms with van der Waals surface area (Å²) >= 11 is 0. The van der Waals surface area contributed by atoms with Crippen molar-refractivity contribution in [2.45, 2.75) is 12.8 Å². The summed E-state index contributed by atoms with van der Waals surface area (Å²) in [6.07, 6.45) is 0.611. The minimum Gasteiger partial charge on any atom is -0.0158 e. The molecule has 1 fully saturated rings. The summed E-state index contributed by atoms with van der Waals surface area (Å²) in [6.45, 7) is 0. The van der Waals surface area contributed by atoms with Crippen LogP contribution < -0.4 is 0 Å². The molecule has 0 aromatic heterocycles. The van der Waals surface area contributed by atoms with Crippen molar-refractivity contribution in [3.63, 3.8) is 0 Å². The molecule has 1 rings (SSSR count). The van der Waals surface area contributed by atoms with Crippen LogP contribution in [0.25, 0.3) is 0 Å². The summed E-state index contributed by atoms with van der Waals surface area (Å²) in [5.74, 6) is 1.88. The van der Waals surface area contributed by atoms with Crippen molar-refractivity contribution >= 4 is 10.9 Å². The van der Waals surface area contributed by atoms with Gasteiger partial charge >= 0.3 is 0 Å². The standard InChI is InChI=1S/C5H11S/c1-6-4-2-3-5-6/h2-5H2,1H3/q+1/i1D3. The molecule has 1 aliphatic heterocycles. The van der Waals surface area contributed by atoms with E-state index in [0.29, 0.717) is 0 Å². The highest BCUT2D eigenvalue weighted by Gasteiger charge is 2.16. The van der Waals surface area contributed by atoms with Crippen molar-refractivity contribution in [3.8, 4) is 0 Å². The second-order valence-electron chi connectivity index (χ2n) is 1.61. The predicted octanol–water partition coefficient (Wildman–Crippen LogP) is 1.03. The van der Waals surface area contributed by atoms with Crippen LogP contribution in [0.15, 0.2) is 0 Å². The molecule has 0 unspecified atom stereocenters. The summed E-state index contributed by atoms with van der Waals surface area (Å²) < 4.78 is 21.2. The molecule has 0 spiro atoms. The lowest BCUT2D eigenvalue weighted by molar-refractivity contribution is 0.949. The highest BCUT2D eigenvalue weighted by molar-refractivity contribution is 7.96. The average molecular weight is 106 g/mol. The van der Waals surface area contributed by atoms with Crippen molar-refractivity contribution < 1.29 is 4.11 Å². The lowest BCUT2D eigenvalue weighted by atomic mass is 10.4. The predicted molar refractivity (Wildman–Crippen MR) is 32.3 cm³/mol. The molecule has 1 heteroatoms. The van der Waals surface area contributed by atoms with Crippen LogP contribution in [0.1, 0.15) is 17.0 Å². The molecule has 0 amide bonds. The Kier molecular flexibility index (Phi) is 0.649. The van der Waals surface area contributed by atoms with E-state index in [0.717, 1.165) is 24.3 Å². The fourth-order valence-corrected chi connectivity index (χ4v) is 1.96. The normalized spacial score (nSPS) is 35.0. The molecular weight excluding hydrogens is 92.1 g/mol. The van der Waals surface area contributed by atoms with Crippen molar-refractivity contribution in [1.29, 1.82) is 0 Å². The highest BCUT2D eigenvalue weighted by Crippen LogP contribution is 2.08. The minimum atomic E-state index is -1.64. The SMILES string of the molecule is [2H]C([2H])([2H])[S+]1CCCC1. The molecule has 1 heterocycles. The van der Waals surface area contributed by atoms with Gasteiger partial charge in [-0.3, -0.25) is 0 Å². The van der Waals surface area contributed by atoms with Gasteiger partial charge in [-0.05, 0) is 23.7 Å². The first kappa shape index (κ1) is 2.08. The van der Waals surface area contributed by atoms with Crippen molar-refractivity contribution in [2.24, 2.45) is 0 Å². The molecule has 1 aliphatic rings. The smallest absolute Gasteiger partial charge is 0.0158 e. The third-order valence-corrected chi connectivity index (χ3v) is 2.59. The Bertz CT molecular complexity index is 92.9. The van der Waals surface area contributed by atoms with Gasteiger partial charge in [0.2, 0.25) is 0 Å². The Morgan fingerprint density at radius 2 is 2.17 bits per heavy atom. The molecule has 0 bridgehead atoms. The van der Waals surface area contributed by atoms with E-state index in [1.165, 1.54) is 0 Å². The van der Waals surface area contributed by atoms with Crippen LogP contribution in [0.4, 0.5) is 0 Å². The molecule has 0 N–H and O–H groups in total. The van der Waals surface area contributed by atoms with Crippen LogP contribution >= 0.6 is 0 Å². The lowest BCUT2D eigenvalue weighted by Crippen LogP contribution is -1.96. The maximum Gasteiger partial charge on any atom is 0.108 e. The second-order valence-corrected chi connectivity index (χ2v) is 3.41. The van der Waals surface area contributed by atoms with Gasteiger partial charge in [0, 0.05) is 0 Å². The fourth-order valence-electron chi connectivity index (χ4n) is 0.655. The van der Waals surface area contributed by atoms with Gasteiger partial charge in [0.05, 0.1) is 10.3 Å². The zero-order valence-electron chi connectivity index (χ0n) is 6.74. The van der Waals surface area contributed by atoms with Crippen LogP contribution in [0.2, 0.25) is 0 Å². The average Bonchev–Trinajstić information content (AvgIpc) is 2.08. The molecule has 0 aliphatic carbocycles. The molecule has 1 saturated heterocycles. The molecular formula is C5H11S+. The fraction of sp³-hybridized carbons (Fsp3) is 1.00. The number of rotatable bonds is 0. The van der Waals surface area contributed by atoms with Gasteiger partial charge in [0.15, 0.2) is 0 Å². The van der Waals surface area contributed by atoms with E-state index < -0.39 is 6.18 Å². The Hall–Kier alpha value is 0.350. The minimum absolute atomic E-state index is 0.245. The Balaban J connectivity index is 2.42. The largest absolute Gasteiger partial charge is 0.108 e. The summed E-state index contributed by atoms with van der Waals surface area (Å²) in [7, 11) is -0.245. The summed E-state index contributed by atoms with van der Waals surface area (Å²) in [6, 6.07) is 0. The van der Waals surface area contributed by atoms with E-state index in [4.69, 9.17) is 4.11 Å². The van der Waals surface area contributed by atoms with Crippen LogP contribution in [0.3, 0.4) is 0 Å². The molecule has 0 nitrogen and oxygen atoms in total. The quantitative estimate of drug-likeness (QED) is 0.405. The molecule has 36 valence electrons. The summed E-state index contributed by atoms with van der Waals surface area (Å²) in [5.41, 5.74) is 0. The van der Waals surface area contributed by atoms with Gasteiger partial charge in [-0.2, -0.15) is 0 Å². The third kappa shape index (κ3) is 0.904. The zero-order chi connectivity index (χ0) is 6.91. The van der Waals surface area contributed by atoms with Gasteiger partial charge in [-0.1, -0.05) is 0 Å². The Morgan fingerprint density at radius 1 is 1.50 bits per heavy atom. The molecule has 0 radical (unpaired) electrons. The first-order valence-electron chi connectivity index (χ1n) is 3.78. The van der Waals surface area contributed by atoms with Gasteiger partial charge in [0.25, 0.3) is 0 Å². The van der Waals surface area contributed by atoms with Gasteiger partial charge in [0.1, 0.15) is 11.5 Å². The third-order valence-electron chi connectivity index (χ3n) is 1.03. The first-order chi connectivity index (χ1) is 4.11. The van der Waals surface area contributed by atoms with Gasteiger partial charge < -0.3 is 0 Å². The molecule has 6 heavy (non-hydrogen) atoms. The van der Waals surface area contributed by atoms with Crippen molar-refractivity contribution in [3.05, 3.63) is 0 Å². The number of hydrogen-bond donors (Lipinski definition) is 0. The van der Waals surface area contributed by atoms with Gasteiger partial charge in [-0.25, -0.2) is 0 Å². The monoisotopic (exact) mass is 106 g/mol. The van der Waals surface area contributed by atoms with Crippen LogP contribution in [-0.4, -0.2) is 17.7 Å². The van der Waals surface area contributed by atoms with Crippen LogP contribution in [0.5, 0.6) is 0 Å². The van der Waals surface area contributed by atoms with E-state index in [9.17, 15) is 0 Å². The van der Waals surface area contributed by atoms with Crippen molar-refractivity contribution in [2.75, 3.05) is 17.7 Å². The summed E-state index contributed by atoms with van der Waals surface area (Å²) in [5, 5.41) is 0.